The predicted octanol–water partition coefficient (Wildman–Crippen LogP) is 13.6. The molecule has 0 saturated carbocycles. The SMILES string of the molecule is C=CCN(C(=O)OC(C)(C)C)c1cc2c(c(OS(=O)(=O)C(F)(F)F)c1)C(=O)OC(C)(C)O2.CC(C)(C)OC(=O)N(CC(O)CO)c1cc2c(c(OS(=O)(=O)C(F)(F)F)c1)C(=O)OC(C)(C)O2.CC1(C)OC(=O)c2c(cc(CCC3COC(C)(C)O3)cc2OS(=O)(=O)C(F)(F)F)O1.COC(C)(C)C.Cc1cc2c(c(OS(=O)(=O)C(F)(F)F)c1)C(=O)OC(C)(C)O2. The quantitative estimate of drug-likeness (QED) is 0.0233. The van der Waals surface area contributed by atoms with Gasteiger partial charge in [0.15, 0.2) is 28.8 Å². The number of ether oxygens (including phenoxy) is 13. The summed E-state index contributed by atoms with van der Waals surface area (Å²) in [5.74, 6) is -16.0. The van der Waals surface area contributed by atoms with Gasteiger partial charge in [-0.1, -0.05) is 6.08 Å². The smallest absolute Gasteiger partial charge is 0.452 e. The van der Waals surface area contributed by atoms with Gasteiger partial charge in [0, 0.05) is 93.3 Å². The molecule has 5 aliphatic heterocycles. The summed E-state index contributed by atoms with van der Waals surface area (Å²) in [6.07, 6.45) is -1.80. The fourth-order valence-electron chi connectivity index (χ4n) is 10.1. The molecule has 124 heavy (non-hydrogen) atoms. The van der Waals surface area contributed by atoms with Crippen LogP contribution in [0.5, 0.6) is 46.0 Å². The molecule has 5 aliphatic rings. The van der Waals surface area contributed by atoms with Gasteiger partial charge in [0.2, 0.25) is 23.1 Å². The van der Waals surface area contributed by atoms with Crippen molar-refractivity contribution in [2.24, 2.45) is 0 Å². The Kier molecular flexibility index (Phi) is 31.3. The molecule has 1 saturated heterocycles. The van der Waals surface area contributed by atoms with Crippen LogP contribution in [0.2, 0.25) is 0 Å². The summed E-state index contributed by atoms with van der Waals surface area (Å²) < 4.78 is 330. The highest BCUT2D eigenvalue weighted by atomic mass is 32.2. The monoisotopic (exact) mass is 1880 g/mol. The number of nitrogens with zero attached hydrogens (tertiary/aromatic N) is 2. The maximum atomic E-state index is 13.0. The van der Waals surface area contributed by atoms with Crippen LogP contribution in [0, 0.1) is 6.92 Å². The van der Waals surface area contributed by atoms with Crippen LogP contribution in [0.15, 0.2) is 61.2 Å². The second kappa shape index (κ2) is 37.0. The molecule has 1 fully saturated rings. The van der Waals surface area contributed by atoms with Gasteiger partial charge in [-0.25, -0.2) is 28.8 Å². The third-order valence-corrected chi connectivity index (χ3v) is 19.0. The second-order valence-electron chi connectivity index (χ2n) is 31.8. The van der Waals surface area contributed by atoms with E-state index in [0.29, 0.717) is 35.1 Å². The van der Waals surface area contributed by atoms with Crippen molar-refractivity contribution in [1.29, 1.82) is 0 Å². The Morgan fingerprint density at radius 3 is 1.06 bits per heavy atom. The first-order chi connectivity index (χ1) is 55.6. The lowest BCUT2D eigenvalue weighted by molar-refractivity contribution is -0.139. The molecule has 5 heterocycles. The summed E-state index contributed by atoms with van der Waals surface area (Å²) in [7, 11) is -22.6. The van der Waals surface area contributed by atoms with Crippen LogP contribution in [0.1, 0.15) is 191 Å². The van der Waals surface area contributed by atoms with Crippen molar-refractivity contribution in [1.82, 2.24) is 0 Å². The average molecular weight is 1880 g/mol. The van der Waals surface area contributed by atoms with E-state index in [0.717, 1.165) is 35.2 Å². The third kappa shape index (κ3) is 28.6. The Morgan fingerprint density at radius 2 is 0.774 bits per heavy atom. The van der Waals surface area contributed by atoms with Crippen LogP contribution in [0.4, 0.5) is 73.6 Å². The minimum absolute atomic E-state index is 0.0417. The summed E-state index contributed by atoms with van der Waals surface area (Å²) in [4.78, 5) is 76.1. The first-order valence-corrected chi connectivity index (χ1v) is 41.4. The van der Waals surface area contributed by atoms with E-state index in [2.05, 4.69) is 23.3 Å². The molecule has 0 aromatic heterocycles. The van der Waals surface area contributed by atoms with E-state index in [9.17, 15) is 125 Å². The predicted molar refractivity (Wildman–Crippen MR) is 404 cm³/mol. The van der Waals surface area contributed by atoms with Crippen LogP contribution < -0.4 is 45.5 Å². The number of hydrogen-bond acceptors (Lipinski definition) is 33. The van der Waals surface area contributed by atoms with Gasteiger partial charge in [-0.3, -0.25) is 9.80 Å². The van der Waals surface area contributed by atoms with Crippen molar-refractivity contribution in [3.63, 3.8) is 0 Å². The molecule has 0 bridgehead atoms. The highest BCUT2D eigenvalue weighted by Gasteiger charge is 2.55. The molecule has 4 aromatic rings. The topological polar surface area (TPSA) is 443 Å². The molecule has 698 valence electrons. The number of cyclic esters (lactones) is 4. The van der Waals surface area contributed by atoms with Gasteiger partial charge in [-0.2, -0.15) is 86.4 Å². The maximum absolute atomic E-state index is 13.0. The molecule has 0 radical (unpaired) electrons. The highest BCUT2D eigenvalue weighted by Crippen LogP contribution is 2.48. The number of aliphatic hydroxyl groups excluding tert-OH is 2. The number of anilines is 2. The van der Waals surface area contributed by atoms with Crippen molar-refractivity contribution in [2.75, 3.05) is 43.2 Å². The van der Waals surface area contributed by atoms with Gasteiger partial charge in [-0.15, -0.1) is 6.58 Å². The summed E-state index contributed by atoms with van der Waals surface area (Å²) in [5, 5.41) is 19.1. The summed E-state index contributed by atoms with van der Waals surface area (Å²) >= 11 is 0. The number of aryl methyl sites for hydroxylation is 2. The van der Waals surface area contributed by atoms with Crippen LogP contribution in [-0.4, -0.2) is 193 Å². The average Bonchev–Trinajstić information content (AvgIpc) is 0.809. The van der Waals surface area contributed by atoms with Gasteiger partial charge < -0.3 is 88.5 Å². The van der Waals surface area contributed by atoms with E-state index in [1.54, 1.807) is 41.7 Å². The number of halogens is 12. The van der Waals surface area contributed by atoms with Crippen LogP contribution in [0.3, 0.4) is 0 Å². The number of carbonyl (C=O) groups is 6. The van der Waals surface area contributed by atoms with E-state index in [-0.39, 0.29) is 53.3 Å². The number of rotatable bonds is 18. The van der Waals surface area contributed by atoms with Crippen LogP contribution in [0.25, 0.3) is 0 Å². The standard InChI is InChI=1S/C19H24F3NO10S.C19H22F3NO8S.C18H21F3O8S.C12H11F3O6S.C5H12O/c1-17(2,3)32-16(27)23(8-11(25)9-24)10-6-12-14(15(26)31-18(4,5)30-12)13(7-10)33-34(28,29)19(20,21)22;1-7-8-23(16(25)30-17(2,3)4)11-9-12-14(15(24)29-18(5,6)28-12)13(10-11)31-32(26,27)19(20,21)22;1-16(2)25-9-11(26-16)6-5-10-7-12-14(15(22)28-17(3,4)27-12)13(8-10)29-30(23,24)18(19,20)21;1-6-4-7-9(10(16)20-11(2,3)19-7)8(5-6)21-22(17,18)12(13,14)15;1-5(2,3)6-4/h6-7,11,24-25H,8-9H2,1-5H3;7,9-10H,1,8H2,2-6H3;7-8,11H,5-6,9H2,1-4H3;4-5H,1-3H3;1-4H3. The first kappa shape index (κ1) is 105. The molecule has 0 aliphatic carbocycles. The molecule has 0 spiro atoms. The molecule has 2 unspecified atom stereocenters. The van der Waals surface area contributed by atoms with Crippen molar-refractivity contribution < 1.29 is 204 Å². The van der Waals surface area contributed by atoms with E-state index in [4.69, 9.17) is 61.6 Å². The number of methoxy groups -OCH3 is 1. The van der Waals surface area contributed by atoms with Gasteiger partial charge >= 0.3 is 98.6 Å². The van der Waals surface area contributed by atoms with Gasteiger partial charge in [0.1, 0.15) is 56.5 Å². The Labute approximate surface area is 703 Å². The van der Waals surface area contributed by atoms with Gasteiger partial charge in [-0.05, 0) is 131 Å². The first-order valence-electron chi connectivity index (χ1n) is 35.8. The fourth-order valence-corrected chi connectivity index (χ4v) is 11.9. The van der Waals surface area contributed by atoms with Gasteiger partial charge in [0.25, 0.3) is 0 Å². The van der Waals surface area contributed by atoms with Crippen molar-refractivity contribution in [3.05, 3.63) is 94.6 Å². The number of alkyl halides is 12. The largest absolute Gasteiger partial charge is 0.534 e. The number of benzene rings is 4. The zero-order chi connectivity index (χ0) is 95.6. The lowest BCUT2D eigenvalue weighted by Crippen LogP contribution is -2.43. The van der Waals surface area contributed by atoms with Crippen LogP contribution >= 0.6 is 0 Å². The van der Waals surface area contributed by atoms with Crippen molar-refractivity contribution >= 4 is 87.9 Å². The zero-order valence-electron chi connectivity index (χ0n) is 69.9. The van der Waals surface area contributed by atoms with Crippen molar-refractivity contribution in [3.8, 4) is 46.0 Å². The van der Waals surface area contributed by atoms with E-state index in [1.807, 2.05) is 20.8 Å². The number of amides is 2. The maximum Gasteiger partial charge on any atom is 0.534 e. The Bertz CT molecular complexity index is 5160. The minimum atomic E-state index is -6.24. The molecule has 2 amide bonds. The van der Waals surface area contributed by atoms with Gasteiger partial charge in [0.05, 0.1) is 48.9 Å². The number of esters is 4. The van der Waals surface area contributed by atoms with E-state index >= 15 is 0 Å². The summed E-state index contributed by atoms with van der Waals surface area (Å²) in [6.45, 7) is 33.6. The Morgan fingerprint density at radius 1 is 0.476 bits per heavy atom. The molecule has 2 atom stereocenters. The molecular formula is C73H90F12N2O33S4. The van der Waals surface area contributed by atoms with Crippen molar-refractivity contribution in [2.45, 2.75) is 231 Å². The molecule has 9 rings (SSSR count). The zero-order valence-corrected chi connectivity index (χ0v) is 73.2. The number of aliphatic hydroxyl groups is 2. The molecular weight excluding hydrogens is 1790 g/mol. The Hall–Kier alpha value is -9.80. The second-order valence-corrected chi connectivity index (χ2v) is 38.0. The van der Waals surface area contributed by atoms with E-state index < -0.39 is 209 Å². The minimum Gasteiger partial charge on any atom is -0.452 e. The highest BCUT2D eigenvalue weighted by molar-refractivity contribution is 7.88. The lowest BCUT2D eigenvalue weighted by atomic mass is 10.0. The number of hydrogen-bond donors (Lipinski definition) is 2. The van der Waals surface area contributed by atoms with Crippen LogP contribution in [-0.2, 0) is 89.5 Å². The summed E-state index contributed by atoms with van der Waals surface area (Å²) in [5.41, 5.74) is -27.2. The fraction of sp³-hybridized carbons (Fsp3) is 0.562. The molecule has 2 N–H and O–H groups in total. The molecule has 51 heteroatoms. The Balaban J connectivity index is 0.000000289. The summed E-state index contributed by atoms with van der Waals surface area (Å²) in [6, 6.07) is 8.40. The number of fused-ring (bicyclic) bond motifs is 4. The normalized spacial score (nSPS) is 17.8. The molecule has 35 nitrogen and oxygen atoms in total. The number of carbonyl (C=O) groups excluding carboxylic acids is 6. The van der Waals surface area contributed by atoms with E-state index in [1.165, 1.54) is 101 Å². The molecule has 4 aromatic carbocycles. The third-order valence-electron chi connectivity index (χ3n) is 15.2. The lowest BCUT2D eigenvalue weighted by Gasteiger charge is -2.34.